The van der Waals surface area contributed by atoms with E-state index < -0.39 is 30.0 Å². The van der Waals surface area contributed by atoms with Crippen LogP contribution in [0.3, 0.4) is 0 Å². The van der Waals surface area contributed by atoms with Gasteiger partial charge in [-0.25, -0.2) is 4.79 Å². The molecule has 5 aliphatic rings. The van der Waals surface area contributed by atoms with E-state index >= 15 is 0 Å². The topological polar surface area (TPSA) is 167 Å². The number of rotatable bonds is 9. The average molecular weight is 672 g/mol. The van der Waals surface area contributed by atoms with Gasteiger partial charge in [0, 0.05) is 29.6 Å². The lowest BCUT2D eigenvalue weighted by atomic mass is 9.33. The number of esters is 1. The van der Waals surface area contributed by atoms with Crippen LogP contribution >= 0.6 is 0 Å². The van der Waals surface area contributed by atoms with E-state index in [0.717, 1.165) is 44.1 Å². The Morgan fingerprint density at radius 3 is 2.21 bits per heavy atom. The summed E-state index contributed by atoms with van der Waals surface area (Å²) in [7, 11) is 0. The van der Waals surface area contributed by atoms with E-state index in [9.17, 15) is 34.2 Å². The predicted octanol–water partition coefficient (Wildman–Crippen LogP) is 5.70. The summed E-state index contributed by atoms with van der Waals surface area (Å²) in [4.78, 5) is 63.5. The third kappa shape index (κ3) is 5.62. The molecule has 0 aromatic heterocycles. The van der Waals surface area contributed by atoms with Crippen LogP contribution in [0.1, 0.15) is 126 Å². The van der Waals surface area contributed by atoms with Crippen molar-refractivity contribution in [3.05, 3.63) is 11.6 Å². The first-order valence-corrected chi connectivity index (χ1v) is 18.0. The Morgan fingerprint density at radius 1 is 0.917 bits per heavy atom. The molecule has 0 aromatic rings. The van der Waals surface area contributed by atoms with Crippen molar-refractivity contribution in [3.63, 3.8) is 0 Å². The maximum atomic E-state index is 14.7. The number of aliphatic hydroxyl groups excluding tert-OH is 1. The fourth-order valence-corrected chi connectivity index (χ4v) is 11.7. The van der Waals surface area contributed by atoms with Crippen molar-refractivity contribution in [2.75, 3.05) is 6.61 Å². The van der Waals surface area contributed by atoms with E-state index in [1.807, 2.05) is 13.0 Å². The van der Waals surface area contributed by atoms with Gasteiger partial charge < -0.3 is 25.4 Å². The summed E-state index contributed by atoms with van der Waals surface area (Å²) < 4.78 is 6.02. The van der Waals surface area contributed by atoms with Crippen molar-refractivity contribution >= 4 is 29.6 Å². The molecule has 0 saturated heterocycles. The third-order valence-electron chi connectivity index (χ3n) is 14.9. The van der Waals surface area contributed by atoms with Gasteiger partial charge in [0.25, 0.3) is 0 Å². The van der Waals surface area contributed by atoms with Gasteiger partial charge in [-0.15, -0.1) is 0 Å². The molecule has 0 spiro atoms. The maximum Gasteiger partial charge on any atom is 0.328 e. The first-order valence-electron chi connectivity index (χ1n) is 18.0. The molecule has 10 heteroatoms. The Bertz CT molecular complexity index is 1400. The number of ether oxygens (including phenoxy) is 1. The second kappa shape index (κ2) is 12.2. The summed E-state index contributed by atoms with van der Waals surface area (Å²) in [5, 5.41) is 30.6. The molecule has 0 heterocycles. The van der Waals surface area contributed by atoms with Crippen molar-refractivity contribution in [2.45, 2.75) is 138 Å². The number of aliphatic carboxylic acids is 2. The zero-order chi connectivity index (χ0) is 35.7. The quantitative estimate of drug-likeness (QED) is 0.225. The van der Waals surface area contributed by atoms with Gasteiger partial charge in [0.2, 0.25) is 5.91 Å². The van der Waals surface area contributed by atoms with E-state index in [0.29, 0.717) is 19.3 Å². The van der Waals surface area contributed by atoms with Crippen LogP contribution in [0.2, 0.25) is 0 Å². The minimum Gasteiger partial charge on any atom is -0.481 e. The molecule has 268 valence electrons. The fraction of sp³-hybridized carbons (Fsp3) is 0.816. The Hall–Kier alpha value is -2.75. The minimum absolute atomic E-state index is 0.00174. The highest BCUT2D eigenvalue weighted by Gasteiger charge is 2.70. The number of hydrogen-bond donors (Lipinski definition) is 4. The summed E-state index contributed by atoms with van der Waals surface area (Å²) in [6.45, 7) is 14.8. The van der Waals surface area contributed by atoms with Gasteiger partial charge in [0.05, 0.1) is 6.61 Å². The number of carbonyl (C=O) groups is 5. The Kier molecular flexibility index (Phi) is 9.31. The van der Waals surface area contributed by atoms with Gasteiger partial charge >= 0.3 is 17.9 Å². The molecule has 4 fully saturated rings. The van der Waals surface area contributed by atoms with Crippen molar-refractivity contribution in [1.29, 1.82) is 0 Å². The summed E-state index contributed by atoms with van der Waals surface area (Å²) >= 11 is 0. The molecule has 4 saturated carbocycles. The van der Waals surface area contributed by atoms with Crippen molar-refractivity contribution < 1.29 is 44.0 Å². The van der Waals surface area contributed by atoms with E-state index in [2.05, 4.69) is 46.9 Å². The number of aliphatic hydroxyl groups is 1. The lowest BCUT2D eigenvalue weighted by Crippen LogP contribution is -2.67. The monoisotopic (exact) mass is 671 g/mol. The summed E-state index contributed by atoms with van der Waals surface area (Å²) in [6.07, 6.45) is 8.95. The lowest BCUT2D eigenvalue weighted by molar-refractivity contribution is -0.211. The van der Waals surface area contributed by atoms with E-state index in [-0.39, 0.29) is 87.9 Å². The largest absolute Gasteiger partial charge is 0.481 e. The van der Waals surface area contributed by atoms with Crippen molar-refractivity contribution in [1.82, 2.24) is 5.32 Å². The van der Waals surface area contributed by atoms with Crippen LogP contribution in [0.25, 0.3) is 0 Å². The van der Waals surface area contributed by atoms with Crippen LogP contribution in [0.5, 0.6) is 0 Å². The van der Waals surface area contributed by atoms with E-state index in [1.54, 1.807) is 0 Å². The Balaban J connectivity index is 1.43. The molecular weight excluding hydrogens is 614 g/mol. The molecule has 0 aliphatic heterocycles. The SMILES string of the molecule is CC1(C)[C@@H](OC(=O)CCCC(=O)O)CC[C@]2(C)[C@H]3C(=O)C=C4[C@@H]5C[C@@](C)(C(=O)NC(CO)C(=O)O)CC[C@]5(C)CC[C@@]4(C)[C@]3(C)CC[C@@H]12. The Morgan fingerprint density at radius 2 is 1.58 bits per heavy atom. The highest BCUT2D eigenvalue weighted by molar-refractivity contribution is 5.96. The van der Waals surface area contributed by atoms with Gasteiger partial charge in [-0.1, -0.05) is 54.0 Å². The maximum absolute atomic E-state index is 14.7. The standard InChI is InChI=1S/C38H57NO9/c1-33(2)26-11-14-38(7)30(36(26,5)13-12-27(33)48-29(44)10-8-9-28(42)43)25(41)19-22-23-20-35(4,32(47)39-24(21-40)31(45)46)16-15-34(23,3)17-18-37(22,38)6/h19,23-24,26-27,30,40H,8-18,20-21H2,1-7H3,(H,39,47)(H,42,43)(H,45,46)/t23-,24?,26-,27-,30+,34+,35-,36-,37+,38+/m0/s1. The molecule has 4 N–H and O–H groups in total. The normalized spacial score (nSPS) is 42.1. The zero-order valence-electron chi connectivity index (χ0n) is 29.9. The molecular formula is C38H57NO9. The number of carbonyl (C=O) groups excluding carboxylic acids is 3. The smallest absolute Gasteiger partial charge is 0.328 e. The highest BCUT2D eigenvalue weighted by atomic mass is 16.5. The highest BCUT2D eigenvalue weighted by Crippen LogP contribution is 2.75. The fourth-order valence-electron chi connectivity index (χ4n) is 11.7. The summed E-state index contributed by atoms with van der Waals surface area (Å²) in [5.74, 6) is -2.81. The van der Waals surface area contributed by atoms with Crippen molar-refractivity contribution in [3.8, 4) is 0 Å². The number of carboxylic acids is 2. The molecule has 10 atom stereocenters. The Labute approximate surface area is 284 Å². The number of hydrogen-bond acceptors (Lipinski definition) is 7. The first kappa shape index (κ1) is 36.5. The molecule has 5 rings (SSSR count). The number of amides is 1. The van der Waals surface area contributed by atoms with E-state index in [1.165, 1.54) is 0 Å². The predicted molar refractivity (Wildman–Crippen MR) is 177 cm³/mol. The molecule has 0 radical (unpaired) electrons. The number of allylic oxidation sites excluding steroid dienone is 2. The van der Waals surface area contributed by atoms with Gasteiger partial charge in [0.1, 0.15) is 12.1 Å². The lowest BCUT2D eigenvalue weighted by Gasteiger charge is -2.70. The zero-order valence-corrected chi connectivity index (χ0v) is 29.9. The number of fused-ring (bicyclic) bond motifs is 7. The summed E-state index contributed by atoms with van der Waals surface area (Å²) in [6, 6.07) is -1.36. The van der Waals surface area contributed by atoms with E-state index in [4.69, 9.17) is 9.84 Å². The van der Waals surface area contributed by atoms with Gasteiger partial charge in [-0.2, -0.15) is 0 Å². The molecule has 1 amide bonds. The molecule has 0 bridgehead atoms. The second-order valence-corrected chi connectivity index (χ2v) is 17.9. The van der Waals surface area contributed by atoms with Crippen LogP contribution in [-0.4, -0.2) is 63.7 Å². The average Bonchev–Trinajstić information content (AvgIpc) is 2.98. The van der Waals surface area contributed by atoms with Gasteiger partial charge in [-0.3, -0.25) is 19.2 Å². The molecule has 10 nitrogen and oxygen atoms in total. The van der Waals surface area contributed by atoms with Crippen molar-refractivity contribution in [2.24, 2.45) is 50.2 Å². The van der Waals surface area contributed by atoms with Crippen LogP contribution in [0, 0.1) is 50.2 Å². The number of nitrogens with one attached hydrogen (secondary N) is 1. The molecule has 0 aromatic carbocycles. The second-order valence-electron chi connectivity index (χ2n) is 17.9. The van der Waals surface area contributed by atoms with Crippen LogP contribution < -0.4 is 5.32 Å². The third-order valence-corrected chi connectivity index (χ3v) is 14.9. The molecule has 1 unspecified atom stereocenters. The first-order chi connectivity index (χ1) is 22.2. The van der Waals surface area contributed by atoms with Crippen LogP contribution in [0.4, 0.5) is 0 Å². The number of ketones is 1. The van der Waals surface area contributed by atoms with Gasteiger partial charge in [0.15, 0.2) is 5.78 Å². The molecule has 48 heavy (non-hydrogen) atoms. The van der Waals surface area contributed by atoms with Gasteiger partial charge in [-0.05, 0) is 104 Å². The van der Waals surface area contributed by atoms with Crippen LogP contribution in [-0.2, 0) is 28.7 Å². The number of carboxylic acid groups (broad SMARTS) is 2. The molecule has 5 aliphatic carbocycles. The van der Waals surface area contributed by atoms with Crippen LogP contribution in [0.15, 0.2) is 11.6 Å². The minimum atomic E-state index is -1.36. The summed E-state index contributed by atoms with van der Waals surface area (Å²) in [5.41, 5.74) is -0.988.